The number of piperazine rings is 1. The van der Waals surface area contributed by atoms with Crippen LogP contribution in [-0.2, 0) is 16.1 Å². The lowest BCUT2D eigenvalue weighted by Crippen LogP contribution is -2.55. The summed E-state index contributed by atoms with van der Waals surface area (Å²) in [6, 6.07) is 8.23. The average Bonchev–Trinajstić information content (AvgIpc) is 2.52. The molecule has 1 unspecified atom stereocenters. The van der Waals surface area contributed by atoms with Crippen LogP contribution in [0.5, 0.6) is 0 Å². The van der Waals surface area contributed by atoms with E-state index < -0.39 is 0 Å². The van der Waals surface area contributed by atoms with E-state index in [4.69, 9.17) is 4.74 Å². The summed E-state index contributed by atoms with van der Waals surface area (Å²) in [6.45, 7) is 5.94. The zero-order valence-electron chi connectivity index (χ0n) is 12.9. The highest BCUT2D eigenvalue weighted by Gasteiger charge is 2.29. The highest BCUT2D eigenvalue weighted by molar-refractivity contribution is 5.86. The van der Waals surface area contributed by atoms with Gasteiger partial charge in [0, 0.05) is 39.0 Å². The summed E-state index contributed by atoms with van der Waals surface area (Å²) >= 11 is 0. The van der Waals surface area contributed by atoms with Crippen LogP contribution in [0.1, 0.15) is 18.9 Å². The molecule has 0 bridgehead atoms. The average molecular weight is 291 g/mol. The van der Waals surface area contributed by atoms with Gasteiger partial charge in [-0.25, -0.2) is 0 Å². The molecule has 5 nitrogen and oxygen atoms in total. The van der Waals surface area contributed by atoms with Crippen molar-refractivity contribution in [2.45, 2.75) is 25.9 Å². The minimum atomic E-state index is -0.0705. The monoisotopic (exact) mass is 291 g/mol. The Morgan fingerprint density at radius 1 is 1.43 bits per heavy atom. The number of ether oxygens (including phenoxy) is 1. The van der Waals surface area contributed by atoms with Gasteiger partial charge >= 0.3 is 0 Å². The van der Waals surface area contributed by atoms with Crippen molar-refractivity contribution in [2.24, 2.45) is 0 Å². The lowest BCUT2D eigenvalue weighted by Gasteiger charge is -2.37. The van der Waals surface area contributed by atoms with E-state index in [0.717, 1.165) is 31.7 Å². The molecular formula is C16H25N3O2. The number of hydrogen-bond acceptors (Lipinski definition) is 4. The fourth-order valence-corrected chi connectivity index (χ4v) is 2.75. The first-order chi connectivity index (χ1) is 10.3. The van der Waals surface area contributed by atoms with Crippen molar-refractivity contribution in [2.75, 3.05) is 38.3 Å². The van der Waals surface area contributed by atoms with Gasteiger partial charge in [-0.3, -0.25) is 4.79 Å². The molecule has 21 heavy (non-hydrogen) atoms. The van der Waals surface area contributed by atoms with Crippen molar-refractivity contribution in [1.29, 1.82) is 0 Å². The molecule has 1 heterocycles. The number of nitrogens with zero attached hydrogens (tertiary/aromatic N) is 1. The minimum absolute atomic E-state index is 0.0705. The Kier molecular flexibility index (Phi) is 6.02. The maximum Gasteiger partial charge on any atom is 0.242 e. The Hall–Kier alpha value is -1.59. The minimum Gasteiger partial charge on any atom is -0.383 e. The van der Waals surface area contributed by atoms with Gasteiger partial charge in [0.25, 0.3) is 0 Å². The smallest absolute Gasteiger partial charge is 0.242 e. The van der Waals surface area contributed by atoms with E-state index in [0.29, 0.717) is 13.2 Å². The molecule has 0 spiro atoms. The number of benzene rings is 1. The summed E-state index contributed by atoms with van der Waals surface area (Å²) < 4.78 is 5.05. The first-order valence-corrected chi connectivity index (χ1v) is 7.59. The lowest BCUT2D eigenvalue weighted by molar-refractivity contribution is -0.123. The van der Waals surface area contributed by atoms with Gasteiger partial charge in [-0.2, -0.15) is 0 Å². The Balaban J connectivity index is 2.12. The van der Waals surface area contributed by atoms with Gasteiger partial charge < -0.3 is 20.3 Å². The number of para-hydroxylation sites is 1. The Bertz CT molecular complexity index is 465. The third kappa shape index (κ3) is 3.95. The number of carbonyl (C=O) groups is 1. The van der Waals surface area contributed by atoms with Crippen molar-refractivity contribution in [3.8, 4) is 0 Å². The van der Waals surface area contributed by atoms with Crippen molar-refractivity contribution >= 4 is 11.6 Å². The lowest BCUT2D eigenvalue weighted by atomic mass is 10.1. The van der Waals surface area contributed by atoms with E-state index in [9.17, 15) is 4.79 Å². The topological polar surface area (TPSA) is 53.6 Å². The van der Waals surface area contributed by atoms with Gasteiger partial charge in [-0.15, -0.1) is 0 Å². The fourth-order valence-electron chi connectivity index (χ4n) is 2.75. The number of amides is 1. The van der Waals surface area contributed by atoms with Crippen molar-refractivity contribution < 1.29 is 9.53 Å². The van der Waals surface area contributed by atoms with E-state index in [1.807, 2.05) is 12.1 Å². The second kappa shape index (κ2) is 8.00. The van der Waals surface area contributed by atoms with Crippen molar-refractivity contribution in [1.82, 2.24) is 10.6 Å². The van der Waals surface area contributed by atoms with Gasteiger partial charge in [-0.1, -0.05) is 25.1 Å². The van der Waals surface area contributed by atoms with Gasteiger partial charge in [-0.05, 0) is 18.1 Å². The third-order valence-electron chi connectivity index (χ3n) is 3.82. The summed E-state index contributed by atoms with van der Waals surface area (Å²) in [5, 5.41) is 6.32. The van der Waals surface area contributed by atoms with E-state index >= 15 is 0 Å². The maximum atomic E-state index is 12.0. The van der Waals surface area contributed by atoms with Crippen molar-refractivity contribution in [3.05, 3.63) is 29.8 Å². The normalized spacial score (nSPS) is 18.7. The molecule has 0 radical (unpaired) electrons. The highest BCUT2D eigenvalue weighted by Crippen LogP contribution is 2.24. The fraction of sp³-hybridized carbons (Fsp3) is 0.562. The molecule has 0 aliphatic carbocycles. The molecular weight excluding hydrogens is 266 g/mol. The SMILES string of the molecule is CCC1C(=O)NCCN1c1ccccc1CNCCOC. The van der Waals surface area contributed by atoms with E-state index in [2.05, 4.69) is 34.6 Å². The molecule has 2 N–H and O–H groups in total. The van der Waals surface area contributed by atoms with E-state index in [-0.39, 0.29) is 11.9 Å². The van der Waals surface area contributed by atoms with Gasteiger partial charge in [0.1, 0.15) is 6.04 Å². The van der Waals surface area contributed by atoms with Crippen LogP contribution in [0.3, 0.4) is 0 Å². The number of anilines is 1. The quantitative estimate of drug-likeness (QED) is 0.740. The Morgan fingerprint density at radius 3 is 3.00 bits per heavy atom. The first-order valence-electron chi connectivity index (χ1n) is 7.59. The summed E-state index contributed by atoms with van der Waals surface area (Å²) in [6.07, 6.45) is 0.817. The molecule has 1 amide bonds. The van der Waals surface area contributed by atoms with Gasteiger partial charge in [0.2, 0.25) is 5.91 Å². The predicted octanol–water partition coefficient (Wildman–Crippen LogP) is 1.14. The summed E-state index contributed by atoms with van der Waals surface area (Å²) in [7, 11) is 1.70. The number of hydrogen-bond donors (Lipinski definition) is 2. The zero-order valence-corrected chi connectivity index (χ0v) is 12.9. The number of methoxy groups -OCH3 is 1. The molecule has 0 saturated carbocycles. The Labute approximate surface area is 126 Å². The van der Waals surface area contributed by atoms with Gasteiger partial charge in [0.05, 0.1) is 6.61 Å². The third-order valence-corrected chi connectivity index (χ3v) is 3.82. The molecule has 1 aromatic rings. The van der Waals surface area contributed by atoms with E-state index in [1.54, 1.807) is 7.11 Å². The second-order valence-electron chi connectivity index (χ2n) is 5.21. The predicted molar refractivity (Wildman–Crippen MR) is 84.5 cm³/mol. The van der Waals surface area contributed by atoms with Crippen LogP contribution in [0.25, 0.3) is 0 Å². The van der Waals surface area contributed by atoms with Crippen LogP contribution >= 0.6 is 0 Å². The summed E-state index contributed by atoms with van der Waals surface area (Å²) in [5.41, 5.74) is 2.38. The molecule has 1 saturated heterocycles. The molecule has 5 heteroatoms. The highest BCUT2D eigenvalue weighted by atomic mass is 16.5. The molecule has 0 aromatic heterocycles. The molecule has 1 aromatic carbocycles. The maximum absolute atomic E-state index is 12.0. The number of carbonyl (C=O) groups excluding carboxylic acids is 1. The molecule has 1 fully saturated rings. The number of rotatable bonds is 7. The summed E-state index contributed by atoms with van der Waals surface area (Å²) in [5.74, 6) is 0.130. The van der Waals surface area contributed by atoms with Crippen LogP contribution in [0.4, 0.5) is 5.69 Å². The zero-order chi connectivity index (χ0) is 15.1. The second-order valence-corrected chi connectivity index (χ2v) is 5.21. The van der Waals surface area contributed by atoms with Crippen LogP contribution in [0.2, 0.25) is 0 Å². The van der Waals surface area contributed by atoms with Crippen LogP contribution < -0.4 is 15.5 Å². The van der Waals surface area contributed by atoms with Crippen LogP contribution in [0.15, 0.2) is 24.3 Å². The Morgan fingerprint density at radius 2 is 2.24 bits per heavy atom. The van der Waals surface area contributed by atoms with Gasteiger partial charge in [0.15, 0.2) is 0 Å². The van der Waals surface area contributed by atoms with E-state index in [1.165, 1.54) is 5.56 Å². The molecule has 1 atom stereocenters. The van der Waals surface area contributed by atoms with Crippen LogP contribution in [0, 0.1) is 0 Å². The molecule has 116 valence electrons. The molecule has 1 aliphatic rings. The molecule has 1 aliphatic heterocycles. The number of nitrogens with one attached hydrogen (secondary N) is 2. The van der Waals surface area contributed by atoms with Crippen molar-refractivity contribution in [3.63, 3.8) is 0 Å². The summed E-state index contributed by atoms with van der Waals surface area (Å²) in [4.78, 5) is 14.3. The molecule has 2 rings (SSSR count). The first kappa shape index (κ1) is 15.8. The van der Waals surface area contributed by atoms with Crippen LogP contribution in [-0.4, -0.2) is 45.3 Å². The largest absolute Gasteiger partial charge is 0.383 e. The standard InChI is InChI=1S/C16H25N3O2/c1-3-14-16(20)18-8-10-19(14)15-7-5-4-6-13(15)12-17-9-11-21-2/h4-7,14,17H,3,8-12H2,1-2H3,(H,18,20).